The smallest absolute Gasteiger partial charge is 0.129 e. The van der Waals surface area contributed by atoms with Crippen molar-refractivity contribution in [2.45, 2.75) is 43.6 Å². The van der Waals surface area contributed by atoms with E-state index in [9.17, 15) is 10.2 Å². The summed E-state index contributed by atoms with van der Waals surface area (Å²) < 4.78 is 6.22. The Kier molecular flexibility index (Phi) is 2.89. The minimum atomic E-state index is -0.433. The fourth-order valence-electron chi connectivity index (χ4n) is 4.12. The monoisotopic (exact) mass is 287 g/mol. The zero-order valence-corrected chi connectivity index (χ0v) is 12.2. The lowest BCUT2D eigenvalue weighted by atomic mass is 9.69. The average Bonchev–Trinajstić information content (AvgIpc) is 2.72. The molecule has 21 heavy (non-hydrogen) atoms. The minimum absolute atomic E-state index is 0.00643. The van der Waals surface area contributed by atoms with Gasteiger partial charge < -0.3 is 19.8 Å². The highest BCUT2D eigenvalue weighted by atomic mass is 16.5. The molecule has 1 aliphatic carbocycles. The van der Waals surface area contributed by atoms with Gasteiger partial charge in [-0.05, 0) is 25.6 Å². The van der Waals surface area contributed by atoms with Crippen molar-refractivity contribution in [1.29, 1.82) is 0 Å². The van der Waals surface area contributed by atoms with Gasteiger partial charge in [-0.1, -0.05) is 24.3 Å². The Labute approximate surface area is 124 Å². The van der Waals surface area contributed by atoms with Crippen molar-refractivity contribution >= 4 is 0 Å². The number of benzene rings is 1. The number of hydrogen-bond acceptors (Lipinski definition) is 4. The van der Waals surface area contributed by atoms with Gasteiger partial charge in [-0.2, -0.15) is 0 Å². The number of aliphatic hydroxyl groups is 2. The van der Waals surface area contributed by atoms with Crippen molar-refractivity contribution < 1.29 is 14.9 Å². The second-order valence-electron chi connectivity index (χ2n) is 6.54. The first-order valence-corrected chi connectivity index (χ1v) is 7.63. The molecule has 1 aromatic rings. The molecular weight excluding hydrogens is 266 g/mol. The molecule has 0 radical (unpaired) electrons. The van der Waals surface area contributed by atoms with Gasteiger partial charge in [0.1, 0.15) is 11.9 Å². The average molecular weight is 287 g/mol. The molecule has 4 heteroatoms. The summed E-state index contributed by atoms with van der Waals surface area (Å²) in [6.07, 6.45) is 5.23. The van der Waals surface area contributed by atoms with Gasteiger partial charge in [0.25, 0.3) is 0 Å². The number of ether oxygens (including phenoxy) is 1. The molecule has 2 heterocycles. The van der Waals surface area contributed by atoms with Crippen LogP contribution in [0.5, 0.6) is 5.75 Å². The fraction of sp³-hybridized carbons (Fsp3) is 0.529. The second kappa shape index (κ2) is 4.57. The van der Waals surface area contributed by atoms with Crippen LogP contribution in [-0.4, -0.2) is 40.9 Å². The van der Waals surface area contributed by atoms with Crippen LogP contribution in [0.25, 0.3) is 0 Å². The molecule has 2 N–H and O–H groups in total. The van der Waals surface area contributed by atoms with E-state index in [-0.39, 0.29) is 18.1 Å². The Bertz CT molecular complexity index is 612. The van der Waals surface area contributed by atoms with E-state index in [1.807, 2.05) is 12.1 Å². The van der Waals surface area contributed by atoms with Crippen LogP contribution in [0.2, 0.25) is 0 Å². The molecule has 4 rings (SSSR count). The van der Waals surface area contributed by atoms with Gasteiger partial charge in [0, 0.05) is 24.1 Å². The predicted molar refractivity (Wildman–Crippen MR) is 79.2 cm³/mol. The third-order valence-electron chi connectivity index (χ3n) is 5.21. The van der Waals surface area contributed by atoms with E-state index in [0.717, 1.165) is 30.8 Å². The molecule has 0 saturated heterocycles. The highest BCUT2D eigenvalue weighted by molar-refractivity contribution is 5.58. The van der Waals surface area contributed by atoms with Crippen LogP contribution in [-0.2, 0) is 18.6 Å². The van der Waals surface area contributed by atoms with Crippen molar-refractivity contribution in [2.75, 3.05) is 13.6 Å². The summed E-state index contributed by atoms with van der Waals surface area (Å²) in [5.41, 5.74) is 3.24. The van der Waals surface area contributed by atoms with Gasteiger partial charge in [-0.15, -0.1) is 0 Å². The lowest BCUT2D eigenvalue weighted by Gasteiger charge is -2.35. The van der Waals surface area contributed by atoms with Crippen LogP contribution >= 0.6 is 0 Å². The van der Waals surface area contributed by atoms with E-state index >= 15 is 0 Å². The Morgan fingerprint density at radius 1 is 1.43 bits per heavy atom. The summed E-state index contributed by atoms with van der Waals surface area (Å²) in [6.45, 7) is 1.90. The maximum absolute atomic E-state index is 9.95. The van der Waals surface area contributed by atoms with Crippen LogP contribution < -0.4 is 4.74 Å². The highest BCUT2D eigenvalue weighted by Gasteiger charge is 2.52. The van der Waals surface area contributed by atoms with E-state index in [0.29, 0.717) is 6.42 Å². The van der Waals surface area contributed by atoms with E-state index in [2.05, 4.69) is 24.1 Å². The van der Waals surface area contributed by atoms with E-state index in [1.165, 1.54) is 11.1 Å². The summed E-state index contributed by atoms with van der Waals surface area (Å²) in [5.74, 6) is 0.856. The molecule has 3 unspecified atom stereocenters. The summed E-state index contributed by atoms with van der Waals surface area (Å²) in [7, 11) is 2.14. The maximum Gasteiger partial charge on any atom is 0.129 e. The van der Waals surface area contributed by atoms with Gasteiger partial charge in [-0.25, -0.2) is 0 Å². The van der Waals surface area contributed by atoms with E-state index < -0.39 is 6.10 Å². The Morgan fingerprint density at radius 3 is 3.10 bits per heavy atom. The highest BCUT2D eigenvalue weighted by Crippen LogP contribution is 2.53. The van der Waals surface area contributed by atoms with Gasteiger partial charge in [-0.3, -0.25) is 0 Å². The summed E-state index contributed by atoms with van der Waals surface area (Å²) in [4.78, 5) is 2.33. The molecule has 0 bridgehead atoms. The van der Waals surface area contributed by atoms with Crippen molar-refractivity contribution in [2.24, 2.45) is 0 Å². The van der Waals surface area contributed by atoms with Crippen molar-refractivity contribution in [3.63, 3.8) is 0 Å². The van der Waals surface area contributed by atoms with Crippen LogP contribution in [0.1, 0.15) is 29.5 Å². The van der Waals surface area contributed by atoms with E-state index in [4.69, 9.17) is 4.74 Å². The number of rotatable bonds is 1. The molecule has 0 aromatic heterocycles. The first kappa shape index (κ1) is 13.3. The van der Waals surface area contributed by atoms with Crippen LogP contribution in [0, 0.1) is 0 Å². The lowest BCUT2D eigenvalue weighted by molar-refractivity contribution is 0.0824. The van der Waals surface area contributed by atoms with Crippen molar-refractivity contribution in [1.82, 2.24) is 4.90 Å². The van der Waals surface area contributed by atoms with Gasteiger partial charge >= 0.3 is 0 Å². The summed E-state index contributed by atoms with van der Waals surface area (Å²) in [6, 6.07) is 4.09. The fourth-order valence-corrected chi connectivity index (χ4v) is 4.12. The SMILES string of the molecule is CN1CCC23C=CC(O)CC2Oc2c(CO)ccc(c23)C1. The Balaban J connectivity index is 1.95. The number of hydrogen-bond donors (Lipinski definition) is 2. The largest absolute Gasteiger partial charge is 0.488 e. The predicted octanol–water partition coefficient (Wildman–Crippen LogP) is 1.33. The molecule has 3 atom stereocenters. The number of nitrogens with zero attached hydrogens (tertiary/aromatic N) is 1. The molecule has 3 aliphatic rings. The van der Waals surface area contributed by atoms with Crippen molar-refractivity contribution in [3.05, 3.63) is 41.0 Å². The third-order valence-corrected chi connectivity index (χ3v) is 5.21. The molecule has 4 nitrogen and oxygen atoms in total. The molecule has 112 valence electrons. The molecule has 0 amide bonds. The molecule has 1 spiro atoms. The van der Waals surface area contributed by atoms with Gasteiger partial charge in [0.15, 0.2) is 0 Å². The quantitative estimate of drug-likeness (QED) is 0.765. The number of aliphatic hydroxyl groups excluding tert-OH is 2. The van der Waals surface area contributed by atoms with Crippen LogP contribution in [0.3, 0.4) is 0 Å². The summed E-state index contributed by atoms with van der Waals surface area (Å²) >= 11 is 0. The van der Waals surface area contributed by atoms with Crippen LogP contribution in [0.15, 0.2) is 24.3 Å². The zero-order valence-electron chi connectivity index (χ0n) is 12.2. The third kappa shape index (κ3) is 1.79. The zero-order chi connectivity index (χ0) is 14.6. The molecular formula is C17H21NO3. The van der Waals surface area contributed by atoms with Crippen molar-refractivity contribution in [3.8, 4) is 5.75 Å². The molecule has 1 aromatic carbocycles. The molecule has 0 saturated carbocycles. The lowest BCUT2D eigenvalue weighted by Crippen LogP contribution is -2.42. The standard InChI is InChI=1S/C17H21NO3/c1-18-7-6-17-5-4-13(20)8-14(17)21-16-12(10-19)3-2-11(9-18)15(16)17/h2-5,13-14,19-20H,6-10H2,1H3. The normalized spacial score (nSPS) is 34.0. The van der Waals surface area contributed by atoms with Gasteiger partial charge in [0.05, 0.1) is 18.1 Å². The summed E-state index contributed by atoms with van der Waals surface area (Å²) in [5, 5.41) is 19.6. The minimum Gasteiger partial charge on any atom is -0.488 e. The van der Waals surface area contributed by atoms with E-state index in [1.54, 1.807) is 0 Å². The second-order valence-corrected chi connectivity index (χ2v) is 6.54. The Hall–Kier alpha value is -1.36. The topological polar surface area (TPSA) is 52.9 Å². The van der Waals surface area contributed by atoms with Crippen LogP contribution in [0.4, 0.5) is 0 Å². The first-order valence-electron chi connectivity index (χ1n) is 7.63. The van der Waals surface area contributed by atoms with Gasteiger partial charge in [0.2, 0.25) is 0 Å². The first-order chi connectivity index (χ1) is 10.1. The Morgan fingerprint density at radius 2 is 2.29 bits per heavy atom. The molecule has 0 fully saturated rings. The maximum atomic E-state index is 9.95. The molecule has 2 aliphatic heterocycles.